The molecule has 2 nitrogen and oxygen atoms in total. The minimum Gasteiger partial charge on any atom is -0.336 e. The maximum absolute atomic E-state index is 9.16. The Hall–Kier alpha value is -1.23. The lowest BCUT2D eigenvalue weighted by Gasteiger charge is -2.17. The molecule has 74 valence electrons. The third-order valence-corrected chi connectivity index (χ3v) is 2.91. The molecule has 2 heteroatoms. The first kappa shape index (κ1) is 9.33. The van der Waals surface area contributed by atoms with E-state index in [1.54, 1.807) is 0 Å². The zero-order valence-electron chi connectivity index (χ0n) is 9.09. The summed E-state index contributed by atoms with van der Waals surface area (Å²) >= 11 is 0. The van der Waals surface area contributed by atoms with Crippen molar-refractivity contribution in [1.29, 1.82) is 5.26 Å². The summed E-state index contributed by atoms with van der Waals surface area (Å²) in [5, 5.41) is 9.16. The van der Waals surface area contributed by atoms with E-state index in [9.17, 15) is 0 Å². The van der Waals surface area contributed by atoms with E-state index in [4.69, 9.17) is 5.26 Å². The second kappa shape index (κ2) is 2.88. The lowest BCUT2D eigenvalue weighted by atomic mass is 9.87. The summed E-state index contributed by atoms with van der Waals surface area (Å²) in [4.78, 5) is 0. The molecule has 0 fully saturated rings. The van der Waals surface area contributed by atoms with Crippen molar-refractivity contribution in [2.45, 2.75) is 45.6 Å². The number of fused-ring (bicyclic) bond motifs is 1. The lowest BCUT2D eigenvalue weighted by molar-refractivity contribution is 0.583. The fourth-order valence-corrected chi connectivity index (χ4v) is 2.18. The van der Waals surface area contributed by atoms with Crippen LogP contribution in [0.15, 0.2) is 6.07 Å². The van der Waals surface area contributed by atoms with E-state index in [1.807, 2.05) is 0 Å². The molecule has 14 heavy (non-hydrogen) atoms. The largest absolute Gasteiger partial charge is 0.336 e. The zero-order chi connectivity index (χ0) is 10.3. The molecule has 0 amide bonds. The minimum absolute atomic E-state index is 0.0857. The Balaban J connectivity index is 2.59. The van der Waals surface area contributed by atoms with Gasteiger partial charge in [0, 0.05) is 12.2 Å². The van der Waals surface area contributed by atoms with Gasteiger partial charge >= 0.3 is 0 Å². The van der Waals surface area contributed by atoms with Gasteiger partial charge in [0.2, 0.25) is 0 Å². The van der Waals surface area contributed by atoms with E-state index < -0.39 is 0 Å². The molecular formula is C12H16N2. The van der Waals surface area contributed by atoms with E-state index in [1.165, 1.54) is 17.7 Å². The van der Waals surface area contributed by atoms with Crippen LogP contribution in [0.4, 0.5) is 0 Å². The summed E-state index contributed by atoms with van der Waals surface area (Å²) < 4.78 is 2.18. The molecule has 2 heterocycles. The Kier molecular flexibility index (Phi) is 1.92. The van der Waals surface area contributed by atoms with Gasteiger partial charge in [-0.15, -0.1) is 0 Å². The van der Waals surface area contributed by atoms with Crippen molar-refractivity contribution < 1.29 is 0 Å². The number of nitriles is 1. The van der Waals surface area contributed by atoms with Crippen LogP contribution < -0.4 is 0 Å². The Morgan fingerprint density at radius 2 is 2.14 bits per heavy atom. The summed E-state index contributed by atoms with van der Waals surface area (Å²) in [5.74, 6) is 0. The Labute approximate surface area is 85.2 Å². The normalized spacial score (nSPS) is 15.3. The fraction of sp³-hybridized carbons (Fsp3) is 0.583. The van der Waals surface area contributed by atoms with Gasteiger partial charge in [0.25, 0.3) is 0 Å². The molecule has 1 aromatic rings. The maximum Gasteiger partial charge on any atom is 0.124 e. The van der Waals surface area contributed by atoms with Crippen LogP contribution in [-0.2, 0) is 18.4 Å². The highest BCUT2D eigenvalue weighted by Crippen LogP contribution is 2.31. The van der Waals surface area contributed by atoms with Gasteiger partial charge in [-0.2, -0.15) is 5.26 Å². The standard InChI is InChI=1S/C12H16N2/c1-12(2,3)10-7-9-5-4-6-14(9)11(10)8-13/h7H,4-6H2,1-3H3. The predicted octanol–water partition coefficient (Wildman–Crippen LogP) is 2.60. The van der Waals surface area contributed by atoms with E-state index in [-0.39, 0.29) is 5.41 Å². The molecule has 0 saturated carbocycles. The van der Waals surface area contributed by atoms with E-state index >= 15 is 0 Å². The Morgan fingerprint density at radius 3 is 2.71 bits per heavy atom. The summed E-state index contributed by atoms with van der Waals surface area (Å²) in [6.45, 7) is 7.52. The number of hydrogen-bond donors (Lipinski definition) is 0. The molecule has 0 aliphatic carbocycles. The average molecular weight is 188 g/mol. The number of nitrogens with zero attached hydrogens (tertiary/aromatic N) is 2. The van der Waals surface area contributed by atoms with Crippen LogP contribution in [0.2, 0.25) is 0 Å². The van der Waals surface area contributed by atoms with Crippen molar-refractivity contribution in [2.24, 2.45) is 0 Å². The van der Waals surface area contributed by atoms with Gasteiger partial charge in [-0.05, 0) is 29.9 Å². The molecule has 0 N–H and O–H groups in total. The van der Waals surface area contributed by atoms with Crippen LogP contribution in [0, 0.1) is 11.3 Å². The summed E-state index contributed by atoms with van der Waals surface area (Å²) in [7, 11) is 0. The van der Waals surface area contributed by atoms with E-state index in [0.29, 0.717) is 0 Å². The van der Waals surface area contributed by atoms with E-state index in [2.05, 4.69) is 37.5 Å². The molecule has 0 radical (unpaired) electrons. The molecule has 0 bridgehead atoms. The topological polar surface area (TPSA) is 28.7 Å². The molecule has 0 aromatic carbocycles. The molecular weight excluding hydrogens is 172 g/mol. The summed E-state index contributed by atoms with van der Waals surface area (Å²) in [6, 6.07) is 4.56. The molecule has 0 unspecified atom stereocenters. The lowest BCUT2D eigenvalue weighted by Crippen LogP contribution is -2.13. The molecule has 0 atom stereocenters. The minimum atomic E-state index is 0.0857. The van der Waals surface area contributed by atoms with Crippen molar-refractivity contribution in [3.05, 3.63) is 23.0 Å². The van der Waals surface area contributed by atoms with Crippen molar-refractivity contribution >= 4 is 0 Å². The van der Waals surface area contributed by atoms with Gasteiger partial charge in [0.1, 0.15) is 11.8 Å². The second-order valence-corrected chi connectivity index (χ2v) is 5.01. The Morgan fingerprint density at radius 1 is 1.43 bits per heavy atom. The first-order valence-corrected chi connectivity index (χ1v) is 5.17. The van der Waals surface area contributed by atoms with Gasteiger partial charge in [-0.1, -0.05) is 20.8 Å². The SMILES string of the molecule is CC(C)(C)c1cc2n(c1C#N)CCC2. The maximum atomic E-state index is 9.16. The van der Waals surface area contributed by atoms with Gasteiger partial charge in [-0.3, -0.25) is 0 Å². The highest BCUT2D eigenvalue weighted by molar-refractivity contribution is 5.42. The summed E-state index contributed by atoms with van der Waals surface area (Å²) in [6.07, 6.45) is 2.32. The van der Waals surface area contributed by atoms with Gasteiger partial charge in [0.05, 0.1) is 0 Å². The quantitative estimate of drug-likeness (QED) is 0.615. The monoisotopic (exact) mass is 188 g/mol. The molecule has 1 aliphatic rings. The Bertz CT molecular complexity index is 399. The number of aryl methyl sites for hydroxylation is 1. The first-order valence-electron chi connectivity index (χ1n) is 5.17. The van der Waals surface area contributed by atoms with Crippen molar-refractivity contribution in [1.82, 2.24) is 4.57 Å². The van der Waals surface area contributed by atoms with Crippen molar-refractivity contribution in [3.63, 3.8) is 0 Å². The zero-order valence-corrected chi connectivity index (χ0v) is 9.09. The fourth-order valence-electron chi connectivity index (χ4n) is 2.18. The molecule has 0 saturated heterocycles. The number of hydrogen-bond acceptors (Lipinski definition) is 1. The predicted molar refractivity (Wildman–Crippen MR) is 56.2 cm³/mol. The molecule has 0 spiro atoms. The van der Waals surface area contributed by atoms with Crippen LogP contribution in [0.25, 0.3) is 0 Å². The highest BCUT2D eigenvalue weighted by atomic mass is 15.0. The molecule has 1 aromatic heterocycles. The smallest absolute Gasteiger partial charge is 0.124 e. The third-order valence-electron chi connectivity index (χ3n) is 2.91. The van der Waals surface area contributed by atoms with Crippen molar-refractivity contribution in [2.75, 3.05) is 0 Å². The van der Waals surface area contributed by atoms with Gasteiger partial charge < -0.3 is 4.57 Å². The number of aromatic nitrogens is 1. The van der Waals surface area contributed by atoms with Crippen LogP contribution in [0.1, 0.15) is 44.1 Å². The van der Waals surface area contributed by atoms with Crippen molar-refractivity contribution in [3.8, 4) is 6.07 Å². The number of rotatable bonds is 0. The van der Waals surface area contributed by atoms with Crippen LogP contribution in [0.3, 0.4) is 0 Å². The van der Waals surface area contributed by atoms with Crippen LogP contribution >= 0.6 is 0 Å². The third kappa shape index (κ3) is 1.24. The second-order valence-electron chi connectivity index (χ2n) is 5.01. The van der Waals surface area contributed by atoms with Gasteiger partial charge in [-0.25, -0.2) is 0 Å². The van der Waals surface area contributed by atoms with Crippen LogP contribution in [0.5, 0.6) is 0 Å². The molecule has 2 rings (SSSR count). The first-order chi connectivity index (χ1) is 6.54. The van der Waals surface area contributed by atoms with Gasteiger partial charge in [0.15, 0.2) is 0 Å². The van der Waals surface area contributed by atoms with Crippen LogP contribution in [-0.4, -0.2) is 4.57 Å². The van der Waals surface area contributed by atoms with E-state index in [0.717, 1.165) is 18.7 Å². The average Bonchev–Trinajstić information content (AvgIpc) is 2.58. The molecule has 1 aliphatic heterocycles. The highest BCUT2D eigenvalue weighted by Gasteiger charge is 2.25. The summed E-state index contributed by atoms with van der Waals surface area (Å²) in [5.41, 5.74) is 3.51.